The number of hydrogen-bond donors (Lipinski definition) is 0. The van der Waals surface area contributed by atoms with Gasteiger partial charge in [-0.15, -0.1) is 13.2 Å². The predicted molar refractivity (Wildman–Crippen MR) is 130 cm³/mol. The molecule has 39 heavy (non-hydrogen) atoms. The normalized spacial score (nSPS) is 12.3. The molecule has 0 aliphatic rings. The molecule has 1 heterocycles. The van der Waals surface area contributed by atoms with E-state index in [4.69, 9.17) is 4.74 Å². The van der Waals surface area contributed by atoms with Gasteiger partial charge in [-0.05, 0) is 35.7 Å². The summed E-state index contributed by atoms with van der Waals surface area (Å²) in [5, 5.41) is 0. The first-order valence-corrected chi connectivity index (χ1v) is 13.3. The molecular weight excluding hydrogens is 554 g/mol. The number of rotatable bonds is 8. The van der Waals surface area contributed by atoms with E-state index < -0.39 is 51.5 Å². The van der Waals surface area contributed by atoms with Gasteiger partial charge in [0.25, 0.3) is 0 Å². The van der Waals surface area contributed by atoms with Crippen molar-refractivity contribution in [3.8, 4) is 22.8 Å². The molecule has 7 nitrogen and oxygen atoms in total. The number of alkyl halides is 6. The van der Waals surface area contributed by atoms with Crippen molar-refractivity contribution < 1.29 is 49.0 Å². The van der Waals surface area contributed by atoms with E-state index in [0.29, 0.717) is 5.56 Å². The fourth-order valence-corrected chi connectivity index (χ4v) is 4.43. The standard InChI is InChI=1S/C25H24F6N2O5S/c1-16-20(18-9-11-19(12-10-18)38-25(29,30)31)22(37-23(34)32(2)13-14-39(3,35)36)33(21(16)24(26,27)28)15-17-7-5-4-6-8-17/h4-12H,13-15H2,1-3H3. The van der Waals surface area contributed by atoms with Crippen molar-refractivity contribution >= 4 is 15.9 Å². The van der Waals surface area contributed by atoms with Crippen molar-refractivity contribution in [3.63, 3.8) is 0 Å². The summed E-state index contributed by atoms with van der Waals surface area (Å²) in [4.78, 5) is 13.8. The maximum atomic E-state index is 14.3. The Morgan fingerprint density at radius 1 is 0.974 bits per heavy atom. The summed E-state index contributed by atoms with van der Waals surface area (Å²) in [7, 11) is -2.24. The Kier molecular flexibility index (Phi) is 8.58. The van der Waals surface area contributed by atoms with Gasteiger partial charge < -0.3 is 18.9 Å². The van der Waals surface area contributed by atoms with E-state index in [1.165, 1.54) is 7.05 Å². The molecule has 3 aromatic rings. The van der Waals surface area contributed by atoms with E-state index in [1.54, 1.807) is 30.3 Å². The lowest BCUT2D eigenvalue weighted by molar-refractivity contribution is -0.274. The van der Waals surface area contributed by atoms with Crippen LogP contribution >= 0.6 is 0 Å². The second-order valence-electron chi connectivity index (χ2n) is 8.71. The molecule has 0 saturated heterocycles. The van der Waals surface area contributed by atoms with E-state index in [0.717, 1.165) is 46.9 Å². The van der Waals surface area contributed by atoms with E-state index in [-0.39, 0.29) is 29.8 Å². The largest absolute Gasteiger partial charge is 0.573 e. The molecule has 0 aliphatic carbocycles. The summed E-state index contributed by atoms with van der Waals surface area (Å²) in [5.41, 5.74) is -1.16. The van der Waals surface area contributed by atoms with Gasteiger partial charge in [0.2, 0.25) is 5.88 Å². The fourth-order valence-electron chi connectivity index (χ4n) is 3.82. The summed E-state index contributed by atoms with van der Waals surface area (Å²) in [6, 6.07) is 12.1. The van der Waals surface area contributed by atoms with Crippen LogP contribution in [-0.4, -0.2) is 55.9 Å². The van der Waals surface area contributed by atoms with E-state index in [9.17, 15) is 39.6 Å². The number of aromatic nitrogens is 1. The van der Waals surface area contributed by atoms with Crippen molar-refractivity contribution in [3.05, 3.63) is 71.4 Å². The molecule has 1 amide bonds. The van der Waals surface area contributed by atoms with Gasteiger partial charge in [-0.3, -0.25) is 0 Å². The number of amides is 1. The Labute approximate surface area is 220 Å². The minimum atomic E-state index is -4.98. The maximum Gasteiger partial charge on any atom is 0.573 e. The number of halogens is 6. The number of carbonyl (C=O) groups is 1. The van der Waals surface area contributed by atoms with Gasteiger partial charge >= 0.3 is 18.6 Å². The summed E-state index contributed by atoms with van der Waals surface area (Å²) in [6.45, 7) is 0.507. The second kappa shape index (κ2) is 11.2. The monoisotopic (exact) mass is 578 g/mol. The molecule has 1 aromatic heterocycles. The summed E-state index contributed by atoms with van der Waals surface area (Å²) >= 11 is 0. The zero-order chi connectivity index (χ0) is 29.2. The van der Waals surface area contributed by atoms with Crippen LogP contribution in [0.15, 0.2) is 54.6 Å². The quantitative estimate of drug-likeness (QED) is 0.311. The first kappa shape index (κ1) is 29.9. The Balaban J connectivity index is 2.16. The molecule has 0 spiro atoms. The highest BCUT2D eigenvalue weighted by Gasteiger charge is 2.41. The van der Waals surface area contributed by atoms with Crippen LogP contribution in [0.2, 0.25) is 0 Å². The van der Waals surface area contributed by atoms with Crippen LogP contribution in [0.4, 0.5) is 31.1 Å². The first-order chi connectivity index (χ1) is 18.0. The molecule has 14 heteroatoms. The highest BCUT2D eigenvalue weighted by molar-refractivity contribution is 7.90. The van der Waals surface area contributed by atoms with E-state index in [1.807, 2.05) is 0 Å². The number of hydrogen-bond acceptors (Lipinski definition) is 5. The fraction of sp³-hybridized carbons (Fsp3) is 0.320. The summed E-state index contributed by atoms with van der Waals surface area (Å²) in [5.74, 6) is -1.52. The minimum Gasteiger partial charge on any atom is -0.406 e. The third-order valence-corrected chi connectivity index (χ3v) is 6.51. The molecule has 0 unspecified atom stereocenters. The molecular formula is C25H24F6N2O5S. The third kappa shape index (κ3) is 7.91. The lowest BCUT2D eigenvalue weighted by Crippen LogP contribution is -2.34. The molecule has 3 rings (SSSR count). The second-order valence-corrected chi connectivity index (χ2v) is 11.0. The number of benzene rings is 2. The minimum absolute atomic E-state index is 0.0286. The SMILES string of the molecule is Cc1c(-c2ccc(OC(F)(F)F)cc2)c(OC(=O)N(C)CCS(C)(=O)=O)n(Cc2ccccc2)c1C(F)(F)F. The number of carbonyl (C=O) groups excluding carboxylic acids is 1. The molecule has 0 saturated carbocycles. The lowest BCUT2D eigenvalue weighted by atomic mass is 10.0. The van der Waals surface area contributed by atoms with Crippen molar-refractivity contribution in [2.75, 3.05) is 25.6 Å². The van der Waals surface area contributed by atoms with Gasteiger partial charge in [0, 0.05) is 25.4 Å². The highest BCUT2D eigenvalue weighted by Crippen LogP contribution is 2.45. The van der Waals surface area contributed by atoms with Crippen molar-refractivity contribution in [1.29, 1.82) is 0 Å². The molecule has 2 aromatic carbocycles. The van der Waals surface area contributed by atoms with Crippen LogP contribution in [-0.2, 0) is 22.6 Å². The zero-order valence-corrected chi connectivity index (χ0v) is 21.7. The molecule has 0 aliphatic heterocycles. The van der Waals surface area contributed by atoms with Crippen LogP contribution < -0.4 is 9.47 Å². The molecule has 0 radical (unpaired) electrons. The van der Waals surface area contributed by atoms with Gasteiger partial charge in [0.05, 0.1) is 12.3 Å². The lowest BCUT2D eigenvalue weighted by Gasteiger charge is -2.19. The van der Waals surface area contributed by atoms with Crippen LogP contribution in [0.3, 0.4) is 0 Å². The smallest absolute Gasteiger partial charge is 0.406 e. The van der Waals surface area contributed by atoms with Crippen molar-refractivity contribution in [2.24, 2.45) is 0 Å². The summed E-state index contributed by atoms with van der Waals surface area (Å²) < 4.78 is 114. The molecule has 212 valence electrons. The Morgan fingerprint density at radius 3 is 2.08 bits per heavy atom. The first-order valence-electron chi connectivity index (χ1n) is 11.3. The van der Waals surface area contributed by atoms with Gasteiger partial charge in [-0.25, -0.2) is 13.2 Å². The third-order valence-electron chi connectivity index (χ3n) is 5.58. The number of sulfone groups is 1. The Bertz CT molecular complexity index is 1420. The Hall–Kier alpha value is -3.68. The predicted octanol–water partition coefficient (Wildman–Crippen LogP) is 5.90. The van der Waals surface area contributed by atoms with Crippen LogP contribution in [0, 0.1) is 6.92 Å². The molecule has 0 N–H and O–H groups in total. The van der Waals surface area contributed by atoms with Crippen LogP contribution in [0.1, 0.15) is 16.8 Å². The number of nitrogens with zero attached hydrogens (tertiary/aromatic N) is 2. The molecule has 0 fully saturated rings. The summed E-state index contributed by atoms with van der Waals surface area (Å²) in [6.07, 6.45) is -10.0. The molecule has 0 atom stereocenters. The van der Waals surface area contributed by atoms with Gasteiger partial charge in [0.1, 0.15) is 21.3 Å². The average molecular weight is 579 g/mol. The highest BCUT2D eigenvalue weighted by atomic mass is 32.2. The topological polar surface area (TPSA) is 77.8 Å². The Morgan fingerprint density at radius 2 is 1.56 bits per heavy atom. The van der Waals surface area contributed by atoms with Gasteiger partial charge in [-0.2, -0.15) is 13.2 Å². The average Bonchev–Trinajstić information content (AvgIpc) is 3.08. The van der Waals surface area contributed by atoms with Crippen LogP contribution in [0.5, 0.6) is 11.6 Å². The van der Waals surface area contributed by atoms with Gasteiger partial charge in [0.15, 0.2) is 0 Å². The van der Waals surface area contributed by atoms with E-state index >= 15 is 0 Å². The van der Waals surface area contributed by atoms with Crippen molar-refractivity contribution in [1.82, 2.24) is 9.47 Å². The molecule has 0 bridgehead atoms. The van der Waals surface area contributed by atoms with Crippen LogP contribution in [0.25, 0.3) is 11.1 Å². The van der Waals surface area contributed by atoms with Gasteiger partial charge in [-0.1, -0.05) is 42.5 Å². The van der Waals surface area contributed by atoms with Crippen molar-refractivity contribution in [2.45, 2.75) is 26.0 Å². The zero-order valence-electron chi connectivity index (χ0n) is 20.9. The number of ether oxygens (including phenoxy) is 2. The maximum absolute atomic E-state index is 14.3. The van der Waals surface area contributed by atoms with E-state index in [2.05, 4.69) is 4.74 Å².